The van der Waals surface area contributed by atoms with Gasteiger partial charge >= 0.3 is 0 Å². The number of carbonyl (C=O) groups is 1. The number of carbonyl (C=O) groups excluding carboxylic acids is 1. The Balaban J connectivity index is 1.79. The highest BCUT2D eigenvalue weighted by Crippen LogP contribution is 2.23. The SMILES string of the molecule is CCN(C(=O)c1cc(NC2CCCC2)nc(C)n1)C1CCS(=O)(=O)C1. The van der Waals surface area contributed by atoms with E-state index in [1.54, 1.807) is 17.9 Å². The van der Waals surface area contributed by atoms with Gasteiger partial charge in [-0.25, -0.2) is 18.4 Å². The predicted molar refractivity (Wildman–Crippen MR) is 96.4 cm³/mol. The molecule has 0 spiro atoms. The average molecular weight is 366 g/mol. The third-order valence-electron chi connectivity index (χ3n) is 5.01. The number of hydrogen-bond donors (Lipinski definition) is 1. The molecule has 1 aliphatic heterocycles. The molecular weight excluding hydrogens is 340 g/mol. The van der Waals surface area contributed by atoms with Gasteiger partial charge < -0.3 is 10.2 Å². The van der Waals surface area contributed by atoms with Crippen LogP contribution in [0.15, 0.2) is 6.07 Å². The number of rotatable bonds is 5. The molecule has 1 aromatic rings. The minimum Gasteiger partial charge on any atom is -0.367 e. The number of aromatic nitrogens is 2. The van der Waals surface area contributed by atoms with E-state index >= 15 is 0 Å². The van der Waals surface area contributed by atoms with Gasteiger partial charge in [0.2, 0.25) is 0 Å². The van der Waals surface area contributed by atoms with Crippen LogP contribution in [-0.4, -0.2) is 59.3 Å². The van der Waals surface area contributed by atoms with Crippen LogP contribution in [0.5, 0.6) is 0 Å². The maximum atomic E-state index is 12.9. The first-order valence-electron chi connectivity index (χ1n) is 9.01. The number of anilines is 1. The topological polar surface area (TPSA) is 92.3 Å². The van der Waals surface area contributed by atoms with Crippen molar-refractivity contribution in [2.75, 3.05) is 23.4 Å². The summed E-state index contributed by atoms with van der Waals surface area (Å²) >= 11 is 0. The van der Waals surface area contributed by atoms with Crippen molar-refractivity contribution in [2.45, 2.75) is 58.0 Å². The van der Waals surface area contributed by atoms with Gasteiger partial charge in [0.15, 0.2) is 9.84 Å². The molecule has 1 N–H and O–H groups in total. The molecule has 1 atom stereocenters. The normalized spacial score (nSPS) is 22.9. The number of sulfone groups is 1. The number of nitrogens with one attached hydrogen (secondary N) is 1. The quantitative estimate of drug-likeness (QED) is 0.854. The highest BCUT2D eigenvalue weighted by atomic mass is 32.2. The maximum absolute atomic E-state index is 12.9. The summed E-state index contributed by atoms with van der Waals surface area (Å²) in [5.41, 5.74) is 0.333. The van der Waals surface area contributed by atoms with Crippen molar-refractivity contribution in [3.8, 4) is 0 Å². The van der Waals surface area contributed by atoms with Gasteiger partial charge in [-0.3, -0.25) is 4.79 Å². The Hall–Kier alpha value is -1.70. The predicted octanol–water partition coefficient (Wildman–Crippen LogP) is 1.79. The molecule has 3 rings (SSSR count). The number of amides is 1. The maximum Gasteiger partial charge on any atom is 0.272 e. The first-order chi connectivity index (χ1) is 11.9. The molecule has 0 radical (unpaired) electrons. The van der Waals surface area contributed by atoms with Crippen molar-refractivity contribution in [2.24, 2.45) is 0 Å². The molecule has 8 heteroatoms. The summed E-state index contributed by atoms with van der Waals surface area (Å²) in [6.45, 7) is 4.11. The summed E-state index contributed by atoms with van der Waals surface area (Å²) in [6, 6.07) is 1.84. The van der Waals surface area contributed by atoms with Crippen LogP contribution in [0.4, 0.5) is 5.82 Å². The fourth-order valence-corrected chi connectivity index (χ4v) is 5.50. The Morgan fingerprint density at radius 2 is 2.00 bits per heavy atom. The third kappa shape index (κ3) is 4.29. The lowest BCUT2D eigenvalue weighted by molar-refractivity contribution is 0.0702. The van der Waals surface area contributed by atoms with Gasteiger partial charge in [0.05, 0.1) is 11.5 Å². The van der Waals surface area contributed by atoms with E-state index in [9.17, 15) is 13.2 Å². The molecule has 1 amide bonds. The van der Waals surface area contributed by atoms with Gasteiger partial charge in [-0.1, -0.05) is 12.8 Å². The van der Waals surface area contributed by atoms with Crippen LogP contribution in [-0.2, 0) is 9.84 Å². The summed E-state index contributed by atoms with van der Waals surface area (Å²) in [5.74, 6) is 1.20. The minimum atomic E-state index is -3.04. The molecule has 0 bridgehead atoms. The van der Waals surface area contributed by atoms with Gasteiger partial charge in [0, 0.05) is 24.7 Å². The van der Waals surface area contributed by atoms with E-state index in [-0.39, 0.29) is 23.5 Å². The van der Waals surface area contributed by atoms with Crippen LogP contribution >= 0.6 is 0 Å². The zero-order valence-electron chi connectivity index (χ0n) is 14.9. The Kier molecular flexibility index (Phi) is 5.27. The zero-order valence-corrected chi connectivity index (χ0v) is 15.7. The standard InChI is InChI=1S/C17H26N4O3S/c1-3-21(14-8-9-25(23,24)11-14)17(22)15-10-16(19-12(2)18-15)20-13-6-4-5-7-13/h10,13-14H,3-9,11H2,1-2H3,(H,18,19,20). The second-order valence-electron chi connectivity index (χ2n) is 6.96. The second kappa shape index (κ2) is 7.27. The molecule has 1 saturated heterocycles. The largest absolute Gasteiger partial charge is 0.367 e. The van der Waals surface area contributed by atoms with E-state index in [4.69, 9.17) is 0 Å². The molecule has 0 aromatic carbocycles. The molecule has 2 heterocycles. The van der Waals surface area contributed by atoms with E-state index in [1.165, 1.54) is 12.8 Å². The molecule has 2 aliphatic rings. The summed E-state index contributed by atoms with van der Waals surface area (Å²) in [4.78, 5) is 23.2. The summed E-state index contributed by atoms with van der Waals surface area (Å²) in [7, 11) is -3.04. The third-order valence-corrected chi connectivity index (χ3v) is 6.77. The first-order valence-corrected chi connectivity index (χ1v) is 10.8. The Labute approximate surface area is 149 Å². The lowest BCUT2D eigenvalue weighted by atomic mass is 10.2. The number of aryl methyl sites for hydroxylation is 1. The van der Waals surface area contributed by atoms with E-state index in [0.717, 1.165) is 12.8 Å². The van der Waals surface area contributed by atoms with Crippen LogP contribution in [0.2, 0.25) is 0 Å². The number of hydrogen-bond acceptors (Lipinski definition) is 6. The molecular formula is C17H26N4O3S. The Morgan fingerprint density at radius 1 is 1.28 bits per heavy atom. The minimum absolute atomic E-state index is 0.0455. The van der Waals surface area contributed by atoms with Crippen LogP contribution in [0.3, 0.4) is 0 Å². The van der Waals surface area contributed by atoms with Gasteiger partial charge in [-0.15, -0.1) is 0 Å². The second-order valence-corrected chi connectivity index (χ2v) is 9.19. The van der Waals surface area contributed by atoms with Crippen LogP contribution in [0, 0.1) is 6.92 Å². The summed E-state index contributed by atoms with van der Waals surface area (Å²) in [5, 5.41) is 3.40. The zero-order chi connectivity index (χ0) is 18.0. The van der Waals surface area contributed by atoms with Gasteiger partial charge in [0.25, 0.3) is 5.91 Å². The fraction of sp³-hybridized carbons (Fsp3) is 0.706. The van der Waals surface area contributed by atoms with E-state index in [0.29, 0.717) is 36.3 Å². The van der Waals surface area contributed by atoms with Gasteiger partial charge in [-0.05, 0) is 33.1 Å². The first kappa shape index (κ1) is 18.1. The van der Waals surface area contributed by atoms with E-state index in [1.807, 2.05) is 6.92 Å². The van der Waals surface area contributed by atoms with Crippen LogP contribution in [0.1, 0.15) is 55.3 Å². The fourth-order valence-electron chi connectivity index (χ4n) is 3.77. The molecule has 1 unspecified atom stereocenters. The van der Waals surface area contributed by atoms with Crippen LogP contribution < -0.4 is 5.32 Å². The summed E-state index contributed by atoms with van der Waals surface area (Å²) in [6.07, 6.45) is 5.17. The number of nitrogens with zero attached hydrogens (tertiary/aromatic N) is 3. The van der Waals surface area contributed by atoms with E-state index < -0.39 is 9.84 Å². The molecule has 25 heavy (non-hydrogen) atoms. The van der Waals surface area contributed by atoms with Gasteiger partial charge in [-0.2, -0.15) is 0 Å². The van der Waals surface area contributed by atoms with E-state index in [2.05, 4.69) is 15.3 Å². The highest BCUT2D eigenvalue weighted by Gasteiger charge is 2.34. The lowest BCUT2D eigenvalue weighted by Crippen LogP contribution is -2.41. The molecule has 1 aliphatic carbocycles. The Morgan fingerprint density at radius 3 is 2.60 bits per heavy atom. The Bertz CT molecular complexity index is 744. The monoisotopic (exact) mass is 366 g/mol. The van der Waals surface area contributed by atoms with Crippen molar-refractivity contribution in [3.63, 3.8) is 0 Å². The molecule has 7 nitrogen and oxygen atoms in total. The smallest absolute Gasteiger partial charge is 0.272 e. The van der Waals surface area contributed by atoms with Crippen molar-refractivity contribution < 1.29 is 13.2 Å². The van der Waals surface area contributed by atoms with Crippen molar-refractivity contribution >= 4 is 21.6 Å². The van der Waals surface area contributed by atoms with Crippen molar-refractivity contribution in [3.05, 3.63) is 17.6 Å². The van der Waals surface area contributed by atoms with Crippen molar-refractivity contribution in [1.82, 2.24) is 14.9 Å². The molecule has 1 saturated carbocycles. The van der Waals surface area contributed by atoms with Crippen LogP contribution in [0.25, 0.3) is 0 Å². The molecule has 1 aromatic heterocycles. The molecule has 2 fully saturated rings. The summed E-state index contributed by atoms with van der Waals surface area (Å²) < 4.78 is 23.5. The van der Waals surface area contributed by atoms with Gasteiger partial charge in [0.1, 0.15) is 17.3 Å². The lowest BCUT2D eigenvalue weighted by Gasteiger charge is -2.26. The van der Waals surface area contributed by atoms with Crippen molar-refractivity contribution in [1.29, 1.82) is 0 Å². The highest BCUT2D eigenvalue weighted by molar-refractivity contribution is 7.91. The average Bonchev–Trinajstić information content (AvgIpc) is 3.17. The molecule has 138 valence electrons.